The van der Waals surface area contributed by atoms with E-state index in [9.17, 15) is 14.0 Å². The van der Waals surface area contributed by atoms with E-state index in [2.05, 4.69) is 5.32 Å². The van der Waals surface area contributed by atoms with Gasteiger partial charge in [0.1, 0.15) is 11.9 Å². The van der Waals surface area contributed by atoms with Crippen LogP contribution in [0.4, 0.5) is 4.39 Å². The lowest BCUT2D eigenvalue weighted by atomic mass is 10.1. The van der Waals surface area contributed by atoms with E-state index in [-0.39, 0.29) is 28.9 Å². The Morgan fingerprint density at radius 3 is 2.52 bits per heavy atom. The number of nitrogens with zero attached hydrogens (tertiary/aromatic N) is 1. The first-order valence-electron chi connectivity index (χ1n) is 8.58. The van der Waals surface area contributed by atoms with Gasteiger partial charge in [0, 0.05) is 11.3 Å². The highest BCUT2D eigenvalue weighted by molar-refractivity contribution is 8.00. The molecule has 7 heteroatoms. The van der Waals surface area contributed by atoms with Crippen molar-refractivity contribution in [1.82, 2.24) is 10.2 Å². The summed E-state index contributed by atoms with van der Waals surface area (Å²) in [4.78, 5) is 28.5. The molecule has 1 aromatic rings. The summed E-state index contributed by atoms with van der Waals surface area (Å²) in [5.41, 5.74) is 0.407. The number of halogens is 1. The molecular formula is C18H27FN3O2S+. The number of amides is 2. The van der Waals surface area contributed by atoms with Crippen molar-refractivity contribution in [1.29, 1.82) is 0 Å². The van der Waals surface area contributed by atoms with Crippen molar-refractivity contribution in [3.8, 4) is 0 Å². The first-order valence-corrected chi connectivity index (χ1v) is 9.62. The number of rotatable bonds is 6. The third-order valence-corrected chi connectivity index (χ3v) is 5.78. The second-order valence-corrected chi connectivity index (χ2v) is 8.10. The van der Waals surface area contributed by atoms with Gasteiger partial charge in [-0.15, -0.1) is 11.8 Å². The summed E-state index contributed by atoms with van der Waals surface area (Å²) < 4.78 is 13.1. The Labute approximate surface area is 152 Å². The minimum atomic E-state index is -0.493. The van der Waals surface area contributed by atoms with Crippen molar-refractivity contribution in [2.24, 2.45) is 5.92 Å². The molecule has 0 aromatic heterocycles. The van der Waals surface area contributed by atoms with Crippen LogP contribution in [0.5, 0.6) is 0 Å². The van der Waals surface area contributed by atoms with Crippen LogP contribution < -0.4 is 10.2 Å². The Kier molecular flexibility index (Phi) is 6.84. The molecule has 1 aliphatic rings. The average Bonchev–Trinajstić information content (AvgIpc) is 2.99. The van der Waals surface area contributed by atoms with Crippen LogP contribution in [0, 0.1) is 11.7 Å². The molecular weight excluding hydrogens is 341 g/mol. The minimum absolute atomic E-state index is 0.0622. The fraction of sp³-hybridized carbons (Fsp3) is 0.556. The van der Waals surface area contributed by atoms with Crippen LogP contribution in [0.2, 0.25) is 0 Å². The van der Waals surface area contributed by atoms with Gasteiger partial charge in [-0.1, -0.05) is 13.8 Å². The average molecular weight is 368 g/mol. The maximum Gasteiger partial charge on any atom is 0.255 e. The lowest BCUT2D eigenvalue weighted by Crippen LogP contribution is -3.06. The molecule has 25 heavy (non-hydrogen) atoms. The van der Waals surface area contributed by atoms with Gasteiger partial charge in [0.05, 0.1) is 32.6 Å². The van der Waals surface area contributed by atoms with Crippen LogP contribution in [-0.2, 0) is 4.79 Å². The molecule has 0 aliphatic carbocycles. The summed E-state index contributed by atoms with van der Waals surface area (Å²) >= 11 is 1.63. The number of carbonyl (C=O) groups excluding carboxylic acids is 2. The van der Waals surface area contributed by atoms with Crippen LogP contribution in [-0.4, -0.2) is 61.1 Å². The molecule has 2 rings (SSSR count). The number of carbonyl (C=O) groups is 2. The fourth-order valence-electron chi connectivity index (χ4n) is 2.80. The Balaban J connectivity index is 2.16. The maximum atomic E-state index is 13.1. The van der Waals surface area contributed by atoms with Gasteiger partial charge in [0.15, 0.2) is 0 Å². The second kappa shape index (κ2) is 8.67. The Morgan fingerprint density at radius 2 is 1.96 bits per heavy atom. The van der Waals surface area contributed by atoms with Crippen LogP contribution in [0.15, 0.2) is 24.3 Å². The molecule has 0 saturated carbocycles. The summed E-state index contributed by atoms with van der Waals surface area (Å²) in [5, 5.41) is 2.87. The van der Waals surface area contributed by atoms with Crippen molar-refractivity contribution in [3.05, 3.63) is 35.6 Å². The number of hydrogen-bond donors (Lipinski definition) is 2. The van der Waals surface area contributed by atoms with E-state index in [4.69, 9.17) is 0 Å². The van der Waals surface area contributed by atoms with E-state index >= 15 is 0 Å². The van der Waals surface area contributed by atoms with E-state index in [0.29, 0.717) is 17.9 Å². The molecule has 2 N–H and O–H groups in total. The summed E-state index contributed by atoms with van der Waals surface area (Å²) in [6.45, 7) is 5.48. The number of quaternary nitrogens is 1. The second-order valence-electron chi connectivity index (χ2n) is 6.95. The standard InChI is InChI=1S/C18H26FN3O2S/c1-12(2)18-22(17(24)13-5-7-14(19)8-6-13)15(11-25-18)16(23)20-9-10-21(3)4/h5-8,12,15,18H,9-11H2,1-4H3,(H,20,23)/p+1/t15-,18-/m0/s1. The van der Waals surface area contributed by atoms with Gasteiger partial charge in [-0.2, -0.15) is 0 Å². The van der Waals surface area contributed by atoms with E-state index in [1.54, 1.807) is 16.7 Å². The van der Waals surface area contributed by atoms with Gasteiger partial charge in [0.25, 0.3) is 5.91 Å². The first kappa shape index (κ1) is 19.7. The molecule has 1 aliphatic heterocycles. The number of hydrogen-bond acceptors (Lipinski definition) is 3. The molecule has 138 valence electrons. The van der Waals surface area contributed by atoms with Gasteiger partial charge in [-0.3, -0.25) is 9.59 Å². The van der Waals surface area contributed by atoms with Gasteiger partial charge in [-0.25, -0.2) is 4.39 Å². The van der Waals surface area contributed by atoms with Gasteiger partial charge < -0.3 is 15.1 Å². The number of thioether (sulfide) groups is 1. The number of nitrogens with one attached hydrogen (secondary N) is 2. The van der Waals surface area contributed by atoms with E-state index < -0.39 is 6.04 Å². The predicted molar refractivity (Wildman–Crippen MR) is 98.1 cm³/mol. The molecule has 0 spiro atoms. The molecule has 1 heterocycles. The molecule has 0 unspecified atom stereocenters. The van der Waals surface area contributed by atoms with Gasteiger partial charge >= 0.3 is 0 Å². The topological polar surface area (TPSA) is 53.9 Å². The van der Waals surface area contributed by atoms with Gasteiger partial charge in [-0.05, 0) is 30.2 Å². The highest BCUT2D eigenvalue weighted by atomic mass is 32.2. The summed E-state index contributed by atoms with van der Waals surface area (Å²) in [6.07, 6.45) is 0. The van der Waals surface area contributed by atoms with Crippen LogP contribution in [0.25, 0.3) is 0 Å². The normalized spacial score (nSPS) is 20.4. The van der Waals surface area contributed by atoms with Crippen LogP contribution in [0.3, 0.4) is 0 Å². The third kappa shape index (κ3) is 4.95. The molecule has 1 aromatic carbocycles. The van der Waals surface area contributed by atoms with Crippen molar-refractivity contribution >= 4 is 23.6 Å². The zero-order valence-corrected chi connectivity index (χ0v) is 16.0. The number of likely N-dealkylation sites (N-methyl/N-ethyl adjacent to an activating group) is 1. The van der Waals surface area contributed by atoms with Crippen molar-refractivity contribution in [2.75, 3.05) is 32.9 Å². The van der Waals surface area contributed by atoms with E-state index in [0.717, 1.165) is 6.54 Å². The Hall–Kier alpha value is -1.60. The Morgan fingerprint density at radius 1 is 1.32 bits per heavy atom. The van der Waals surface area contributed by atoms with Gasteiger partial charge in [0.2, 0.25) is 5.91 Å². The largest absolute Gasteiger partial charge is 0.349 e. The number of benzene rings is 1. The molecule has 0 radical (unpaired) electrons. The van der Waals surface area contributed by atoms with Crippen molar-refractivity contribution in [3.63, 3.8) is 0 Å². The maximum absolute atomic E-state index is 13.1. The predicted octanol–water partition coefficient (Wildman–Crippen LogP) is 0.626. The lowest BCUT2D eigenvalue weighted by Gasteiger charge is -2.31. The first-order chi connectivity index (χ1) is 11.8. The smallest absolute Gasteiger partial charge is 0.255 e. The zero-order chi connectivity index (χ0) is 18.6. The molecule has 1 saturated heterocycles. The highest BCUT2D eigenvalue weighted by Crippen LogP contribution is 2.35. The molecule has 0 bridgehead atoms. The third-order valence-electron chi connectivity index (χ3n) is 4.16. The lowest BCUT2D eigenvalue weighted by molar-refractivity contribution is -0.856. The highest BCUT2D eigenvalue weighted by Gasteiger charge is 2.42. The van der Waals surface area contributed by atoms with E-state index in [1.807, 2.05) is 27.9 Å². The quantitative estimate of drug-likeness (QED) is 0.774. The molecule has 5 nitrogen and oxygen atoms in total. The summed E-state index contributed by atoms with van der Waals surface area (Å²) in [6, 6.07) is 5.00. The molecule has 1 fully saturated rings. The van der Waals surface area contributed by atoms with Crippen LogP contribution >= 0.6 is 11.8 Å². The summed E-state index contributed by atoms with van der Waals surface area (Å²) in [5.74, 6) is 0.0808. The minimum Gasteiger partial charge on any atom is -0.349 e. The van der Waals surface area contributed by atoms with Crippen LogP contribution in [0.1, 0.15) is 24.2 Å². The van der Waals surface area contributed by atoms with E-state index in [1.165, 1.54) is 29.2 Å². The fourth-order valence-corrected chi connectivity index (χ4v) is 4.28. The zero-order valence-electron chi connectivity index (χ0n) is 15.2. The van der Waals surface area contributed by atoms with Crippen molar-refractivity contribution < 1.29 is 18.9 Å². The molecule has 2 amide bonds. The SMILES string of the molecule is CC(C)[C@@H]1SC[C@@H](C(=O)NCC[NH+](C)C)N1C(=O)c1ccc(F)cc1. The van der Waals surface area contributed by atoms with Crippen molar-refractivity contribution in [2.45, 2.75) is 25.3 Å². The monoisotopic (exact) mass is 368 g/mol. The summed E-state index contributed by atoms with van der Waals surface area (Å²) in [7, 11) is 4.05. The Bertz CT molecular complexity index is 607. The molecule has 2 atom stereocenters.